The summed E-state index contributed by atoms with van der Waals surface area (Å²) in [6, 6.07) is 11.5. The van der Waals surface area contributed by atoms with Crippen molar-refractivity contribution < 1.29 is 4.74 Å². The van der Waals surface area contributed by atoms with E-state index in [1.54, 1.807) is 6.07 Å². The van der Waals surface area contributed by atoms with Crippen molar-refractivity contribution in [2.24, 2.45) is 0 Å². The Bertz CT molecular complexity index is 890. The van der Waals surface area contributed by atoms with E-state index in [2.05, 4.69) is 14.5 Å². The van der Waals surface area contributed by atoms with Crippen molar-refractivity contribution in [2.45, 2.75) is 13.5 Å². The Morgan fingerprint density at radius 1 is 1.12 bits per heavy atom. The van der Waals surface area contributed by atoms with Gasteiger partial charge in [-0.25, -0.2) is 4.98 Å². The Morgan fingerprint density at radius 2 is 1.92 bits per heavy atom. The monoisotopic (exact) mass is 377 g/mol. The Morgan fingerprint density at radius 3 is 2.68 bits per heavy atom. The van der Waals surface area contributed by atoms with Gasteiger partial charge < -0.3 is 14.2 Å². The molecule has 1 heterocycles. The molecule has 0 spiro atoms. The minimum atomic E-state index is 0.628. The molecule has 0 saturated carbocycles. The van der Waals surface area contributed by atoms with Crippen LogP contribution in [0.3, 0.4) is 0 Å². The van der Waals surface area contributed by atoms with Gasteiger partial charge in [-0.15, -0.1) is 0 Å². The number of nitrogens with zero attached hydrogens (tertiary/aromatic N) is 3. The van der Waals surface area contributed by atoms with Crippen molar-refractivity contribution in [3.63, 3.8) is 0 Å². The summed E-state index contributed by atoms with van der Waals surface area (Å²) in [5, 5.41) is 1.38. The van der Waals surface area contributed by atoms with Crippen LogP contribution in [0.2, 0.25) is 10.0 Å². The first kappa shape index (κ1) is 18.1. The molecule has 0 aliphatic rings. The summed E-state index contributed by atoms with van der Waals surface area (Å²) in [4.78, 5) is 6.75. The molecule has 0 unspecified atom stereocenters. The van der Waals surface area contributed by atoms with Crippen molar-refractivity contribution in [3.05, 3.63) is 57.8 Å². The molecule has 6 heteroatoms. The van der Waals surface area contributed by atoms with Gasteiger partial charge in [0, 0.05) is 22.7 Å². The van der Waals surface area contributed by atoms with E-state index >= 15 is 0 Å². The van der Waals surface area contributed by atoms with Gasteiger partial charge in [0.15, 0.2) is 0 Å². The summed E-state index contributed by atoms with van der Waals surface area (Å²) in [6.45, 7) is 4.14. The van der Waals surface area contributed by atoms with Crippen LogP contribution in [0.4, 0.5) is 0 Å². The fraction of sp³-hybridized carbons (Fsp3) is 0.316. The van der Waals surface area contributed by atoms with Gasteiger partial charge in [-0.3, -0.25) is 0 Å². The second-order valence-corrected chi connectivity index (χ2v) is 7.13. The first-order valence-corrected chi connectivity index (χ1v) is 8.88. The number of imidazole rings is 1. The van der Waals surface area contributed by atoms with Gasteiger partial charge >= 0.3 is 0 Å². The molecule has 0 atom stereocenters. The molecule has 4 nitrogen and oxygen atoms in total. The summed E-state index contributed by atoms with van der Waals surface area (Å²) in [5.41, 5.74) is 2.94. The molecule has 25 heavy (non-hydrogen) atoms. The van der Waals surface area contributed by atoms with Gasteiger partial charge in [0.1, 0.15) is 18.2 Å². The highest BCUT2D eigenvalue weighted by atomic mass is 35.5. The number of halogens is 2. The third-order valence-corrected chi connectivity index (χ3v) is 4.66. The molecular formula is C19H21Cl2N3O. The third-order valence-electron chi connectivity index (χ3n) is 4.05. The van der Waals surface area contributed by atoms with Crippen LogP contribution < -0.4 is 4.74 Å². The number of rotatable bonds is 6. The number of hydrogen-bond donors (Lipinski definition) is 0. The average molecular weight is 378 g/mol. The summed E-state index contributed by atoms with van der Waals surface area (Å²) in [6.07, 6.45) is 0. The molecule has 0 aliphatic carbocycles. The molecule has 0 radical (unpaired) electrons. The molecule has 0 fully saturated rings. The van der Waals surface area contributed by atoms with E-state index in [0.717, 1.165) is 34.7 Å². The number of likely N-dealkylation sites (N-methyl/N-ethyl adjacent to an activating group) is 1. The lowest BCUT2D eigenvalue weighted by Crippen LogP contribution is -2.19. The molecule has 0 N–H and O–H groups in total. The number of aromatic nitrogens is 2. The number of ether oxygens (including phenoxy) is 1. The quantitative estimate of drug-likeness (QED) is 0.626. The Labute approximate surface area is 157 Å². The van der Waals surface area contributed by atoms with E-state index in [0.29, 0.717) is 23.2 Å². The lowest BCUT2D eigenvalue weighted by molar-refractivity contribution is 0.261. The molecule has 0 aliphatic heterocycles. The zero-order valence-electron chi connectivity index (χ0n) is 14.6. The van der Waals surface area contributed by atoms with Gasteiger partial charge in [0.05, 0.1) is 17.6 Å². The topological polar surface area (TPSA) is 30.3 Å². The van der Waals surface area contributed by atoms with E-state index < -0.39 is 0 Å². The van der Waals surface area contributed by atoms with E-state index in [1.165, 1.54) is 0 Å². The minimum Gasteiger partial charge on any atom is -0.492 e. The third kappa shape index (κ3) is 4.27. The molecule has 0 saturated heterocycles. The maximum absolute atomic E-state index is 6.31. The van der Waals surface area contributed by atoms with Crippen molar-refractivity contribution in [2.75, 3.05) is 27.2 Å². The van der Waals surface area contributed by atoms with Crippen LogP contribution in [0.15, 0.2) is 36.4 Å². The predicted octanol–water partition coefficient (Wildman–Crippen LogP) is 4.64. The molecule has 132 valence electrons. The van der Waals surface area contributed by atoms with Gasteiger partial charge in [-0.05, 0) is 56.9 Å². The molecule has 2 aromatic carbocycles. The second kappa shape index (κ2) is 7.65. The highest BCUT2D eigenvalue weighted by molar-refractivity contribution is 6.33. The standard InChI is InChI=1S/C19H21Cl2N3O/c1-13-22-18-11-16(25-9-8-23(2)3)5-7-19(18)24(13)12-14-10-15(20)4-6-17(14)21/h4-7,10-11H,8-9,12H2,1-3H3. The SMILES string of the molecule is Cc1nc2cc(OCCN(C)C)ccc2n1Cc1cc(Cl)ccc1Cl. The van der Waals surface area contributed by atoms with Crippen LogP contribution in [0.1, 0.15) is 11.4 Å². The van der Waals surface area contributed by atoms with Crippen LogP contribution >= 0.6 is 23.2 Å². The van der Waals surface area contributed by atoms with E-state index in [4.69, 9.17) is 27.9 Å². The number of hydrogen-bond acceptors (Lipinski definition) is 3. The van der Waals surface area contributed by atoms with Gasteiger partial charge in [-0.1, -0.05) is 23.2 Å². The average Bonchev–Trinajstić information content (AvgIpc) is 2.86. The fourth-order valence-corrected chi connectivity index (χ4v) is 3.07. The Kier molecular flexibility index (Phi) is 5.52. The molecule has 0 bridgehead atoms. The molecular weight excluding hydrogens is 357 g/mol. The van der Waals surface area contributed by atoms with Crippen LogP contribution in [0, 0.1) is 6.92 Å². The zero-order valence-corrected chi connectivity index (χ0v) is 16.1. The largest absolute Gasteiger partial charge is 0.492 e. The van der Waals surface area contributed by atoms with Crippen LogP contribution in [-0.2, 0) is 6.54 Å². The number of fused-ring (bicyclic) bond motifs is 1. The lowest BCUT2D eigenvalue weighted by Gasteiger charge is -2.11. The van der Waals surface area contributed by atoms with E-state index in [1.807, 2.05) is 51.4 Å². The Balaban J connectivity index is 1.86. The first-order valence-electron chi connectivity index (χ1n) is 8.12. The van der Waals surface area contributed by atoms with Crippen LogP contribution in [0.5, 0.6) is 5.75 Å². The molecule has 3 rings (SSSR count). The lowest BCUT2D eigenvalue weighted by atomic mass is 10.2. The Hall–Kier alpha value is -1.75. The van der Waals surface area contributed by atoms with Crippen molar-refractivity contribution in [1.82, 2.24) is 14.5 Å². The molecule has 0 amide bonds. The van der Waals surface area contributed by atoms with Crippen molar-refractivity contribution >= 4 is 34.2 Å². The maximum Gasteiger partial charge on any atom is 0.121 e. The first-order chi connectivity index (χ1) is 11.9. The van der Waals surface area contributed by atoms with E-state index in [9.17, 15) is 0 Å². The summed E-state index contributed by atoms with van der Waals surface area (Å²) in [5.74, 6) is 1.76. The van der Waals surface area contributed by atoms with Gasteiger partial charge in [0.2, 0.25) is 0 Å². The maximum atomic E-state index is 6.31. The normalized spacial score (nSPS) is 11.4. The second-order valence-electron chi connectivity index (χ2n) is 6.28. The molecule has 1 aromatic heterocycles. The van der Waals surface area contributed by atoms with Crippen LogP contribution in [0.25, 0.3) is 11.0 Å². The van der Waals surface area contributed by atoms with Gasteiger partial charge in [-0.2, -0.15) is 0 Å². The highest BCUT2D eigenvalue weighted by Crippen LogP contribution is 2.26. The number of benzene rings is 2. The summed E-state index contributed by atoms with van der Waals surface area (Å²) < 4.78 is 7.93. The van der Waals surface area contributed by atoms with Crippen molar-refractivity contribution in [3.8, 4) is 5.75 Å². The van der Waals surface area contributed by atoms with Crippen molar-refractivity contribution in [1.29, 1.82) is 0 Å². The fourth-order valence-electron chi connectivity index (χ4n) is 2.70. The summed E-state index contributed by atoms with van der Waals surface area (Å²) in [7, 11) is 4.05. The van der Waals surface area contributed by atoms with Gasteiger partial charge in [0.25, 0.3) is 0 Å². The van der Waals surface area contributed by atoms with Crippen LogP contribution in [-0.4, -0.2) is 41.7 Å². The minimum absolute atomic E-state index is 0.628. The predicted molar refractivity (Wildman–Crippen MR) is 104 cm³/mol. The highest BCUT2D eigenvalue weighted by Gasteiger charge is 2.11. The number of aryl methyl sites for hydroxylation is 1. The summed E-state index contributed by atoms with van der Waals surface area (Å²) >= 11 is 12.4. The smallest absolute Gasteiger partial charge is 0.121 e. The molecule has 3 aromatic rings. The van der Waals surface area contributed by atoms with E-state index in [-0.39, 0.29) is 0 Å². The zero-order chi connectivity index (χ0) is 18.0.